The summed E-state index contributed by atoms with van der Waals surface area (Å²) >= 11 is 0. The van der Waals surface area contributed by atoms with Crippen molar-refractivity contribution in [3.63, 3.8) is 0 Å². The van der Waals surface area contributed by atoms with E-state index in [0.29, 0.717) is 6.42 Å². The maximum absolute atomic E-state index is 12.7. The molecule has 9 nitrogen and oxygen atoms in total. The number of phosphoric ester groups is 1. The van der Waals surface area contributed by atoms with Gasteiger partial charge in [-0.05, 0) is 19.3 Å². The smallest absolute Gasteiger partial charge is 0.393 e. The van der Waals surface area contributed by atoms with Gasteiger partial charge in [-0.2, -0.15) is 0 Å². The second kappa shape index (κ2) is 31.8. The third-order valence-electron chi connectivity index (χ3n) is 8.17. The number of phosphoric acid groups is 1. The second-order valence-electron chi connectivity index (χ2n) is 12.6. The monoisotopic (exact) mass is 662 g/mol. The van der Waals surface area contributed by atoms with Gasteiger partial charge in [-0.25, -0.2) is 4.57 Å². The molecule has 0 radical (unpaired) electrons. The number of unbranched alkanes of at least 4 members (excludes halogenated alkanes) is 20. The highest BCUT2D eigenvalue weighted by Crippen LogP contribution is 2.43. The van der Waals surface area contributed by atoms with Gasteiger partial charge >= 0.3 is 7.82 Å². The molecule has 0 aromatic heterocycles. The number of hydrogen-bond donors (Lipinski definition) is 5. The van der Waals surface area contributed by atoms with Gasteiger partial charge in [-0.1, -0.05) is 154 Å². The minimum absolute atomic E-state index is 0.0506. The van der Waals surface area contributed by atoms with E-state index in [2.05, 4.69) is 19.2 Å². The lowest BCUT2D eigenvalue weighted by Gasteiger charge is -2.24. The first kappa shape index (κ1) is 44.2. The molecule has 6 N–H and O–H groups in total. The average molecular weight is 663 g/mol. The van der Waals surface area contributed by atoms with Gasteiger partial charge in [0.25, 0.3) is 0 Å². The standard InChI is InChI=1S/C35H71N2O7P/c1-3-5-7-9-11-12-13-14-15-16-17-18-19-21-22-24-26-32(38)30-35(40)37-33(31-44-45(41,42)43-29-28-36)34(39)27-25-23-20-10-8-6-4-2/h25,27,32-34,38-39H,3-24,26,28-31,36H2,1-2H3,(H,37,40)(H,41,42)/b27-25+. The molecule has 0 spiro atoms. The van der Waals surface area contributed by atoms with Crippen LogP contribution in [0.1, 0.15) is 168 Å². The summed E-state index contributed by atoms with van der Waals surface area (Å²) in [5.41, 5.74) is 5.32. The molecule has 0 saturated carbocycles. The molecule has 45 heavy (non-hydrogen) atoms. The van der Waals surface area contributed by atoms with Crippen LogP contribution in [0.15, 0.2) is 12.2 Å². The van der Waals surface area contributed by atoms with Crippen LogP contribution in [0, 0.1) is 0 Å². The number of hydrogen-bond acceptors (Lipinski definition) is 7. The van der Waals surface area contributed by atoms with Crippen molar-refractivity contribution in [1.82, 2.24) is 5.32 Å². The number of nitrogens with two attached hydrogens (primary N) is 1. The number of aliphatic hydroxyl groups is 2. The van der Waals surface area contributed by atoms with Gasteiger partial charge in [0.1, 0.15) is 0 Å². The predicted molar refractivity (Wildman–Crippen MR) is 186 cm³/mol. The summed E-state index contributed by atoms with van der Waals surface area (Å²) in [5, 5.41) is 23.8. The van der Waals surface area contributed by atoms with Gasteiger partial charge in [-0.15, -0.1) is 0 Å². The first-order valence-electron chi connectivity index (χ1n) is 18.4. The molecule has 4 atom stereocenters. The molecule has 0 aliphatic rings. The summed E-state index contributed by atoms with van der Waals surface area (Å²) in [5.74, 6) is -0.449. The molecule has 268 valence electrons. The molecule has 0 aliphatic carbocycles. The lowest BCUT2D eigenvalue weighted by molar-refractivity contribution is -0.124. The fraction of sp³-hybridized carbons (Fsp3) is 0.914. The average Bonchev–Trinajstić information content (AvgIpc) is 3.01. The molecule has 0 aliphatic heterocycles. The summed E-state index contributed by atoms with van der Waals surface area (Å²) in [6, 6.07) is -0.974. The Kier molecular flexibility index (Phi) is 31.2. The van der Waals surface area contributed by atoms with Gasteiger partial charge in [0.05, 0.1) is 37.9 Å². The lowest BCUT2D eigenvalue weighted by atomic mass is 10.0. The van der Waals surface area contributed by atoms with Gasteiger partial charge in [-0.3, -0.25) is 13.8 Å². The Labute approximate surface area is 276 Å². The number of rotatable bonds is 34. The summed E-state index contributed by atoms with van der Waals surface area (Å²) in [6.07, 6.45) is 28.9. The van der Waals surface area contributed by atoms with Crippen molar-refractivity contribution in [2.75, 3.05) is 19.8 Å². The molecule has 0 bridgehead atoms. The minimum Gasteiger partial charge on any atom is -0.393 e. The Bertz CT molecular complexity index is 741. The maximum Gasteiger partial charge on any atom is 0.472 e. The highest BCUT2D eigenvalue weighted by atomic mass is 31.2. The third kappa shape index (κ3) is 30.3. The molecule has 0 rings (SSSR count). The largest absolute Gasteiger partial charge is 0.472 e. The van der Waals surface area contributed by atoms with Crippen LogP contribution in [0.25, 0.3) is 0 Å². The Morgan fingerprint density at radius 3 is 1.71 bits per heavy atom. The van der Waals surface area contributed by atoms with Gasteiger partial charge in [0.2, 0.25) is 5.91 Å². The number of nitrogens with one attached hydrogen (secondary N) is 1. The number of amides is 1. The molecule has 0 heterocycles. The van der Waals surface area contributed by atoms with Crippen molar-refractivity contribution in [1.29, 1.82) is 0 Å². The molecular weight excluding hydrogens is 591 g/mol. The predicted octanol–water partition coefficient (Wildman–Crippen LogP) is 8.24. The zero-order valence-electron chi connectivity index (χ0n) is 29.0. The number of aliphatic hydroxyl groups excluding tert-OH is 2. The van der Waals surface area contributed by atoms with Crippen LogP contribution in [0.2, 0.25) is 0 Å². The fourth-order valence-corrected chi connectivity index (χ4v) is 6.11. The van der Waals surface area contributed by atoms with E-state index in [1.165, 1.54) is 103 Å². The molecule has 0 aromatic carbocycles. The van der Waals surface area contributed by atoms with Crippen LogP contribution in [0.3, 0.4) is 0 Å². The van der Waals surface area contributed by atoms with Gasteiger partial charge in [0.15, 0.2) is 0 Å². The summed E-state index contributed by atoms with van der Waals surface area (Å²) in [7, 11) is -4.38. The van der Waals surface area contributed by atoms with E-state index in [0.717, 1.165) is 38.5 Å². The van der Waals surface area contributed by atoms with Crippen LogP contribution in [-0.4, -0.2) is 59.0 Å². The van der Waals surface area contributed by atoms with Crippen LogP contribution < -0.4 is 11.1 Å². The fourth-order valence-electron chi connectivity index (χ4n) is 5.35. The van der Waals surface area contributed by atoms with E-state index >= 15 is 0 Å². The van der Waals surface area contributed by atoms with Gasteiger partial charge < -0.3 is 26.2 Å². The minimum atomic E-state index is -4.38. The topological polar surface area (TPSA) is 151 Å². The van der Waals surface area contributed by atoms with Crippen LogP contribution in [0.5, 0.6) is 0 Å². The second-order valence-corrected chi connectivity index (χ2v) is 14.1. The number of allylic oxidation sites excluding steroid dienone is 1. The molecule has 0 fully saturated rings. The van der Waals surface area contributed by atoms with E-state index in [1.54, 1.807) is 6.08 Å². The molecule has 0 aromatic rings. The number of carbonyl (C=O) groups is 1. The van der Waals surface area contributed by atoms with Crippen LogP contribution in [0.4, 0.5) is 0 Å². The van der Waals surface area contributed by atoms with Crippen molar-refractivity contribution in [3.05, 3.63) is 12.2 Å². The van der Waals surface area contributed by atoms with E-state index in [1.807, 2.05) is 6.08 Å². The first-order valence-corrected chi connectivity index (χ1v) is 19.9. The zero-order chi connectivity index (χ0) is 33.4. The Balaban J connectivity index is 4.25. The van der Waals surface area contributed by atoms with Crippen molar-refractivity contribution in [2.24, 2.45) is 5.73 Å². The molecule has 0 saturated heterocycles. The highest BCUT2D eigenvalue weighted by molar-refractivity contribution is 7.47. The lowest BCUT2D eigenvalue weighted by Crippen LogP contribution is -2.46. The highest BCUT2D eigenvalue weighted by Gasteiger charge is 2.27. The summed E-state index contributed by atoms with van der Waals surface area (Å²) in [6.45, 7) is 3.89. The quantitative estimate of drug-likeness (QED) is 0.0263. The van der Waals surface area contributed by atoms with Crippen molar-refractivity contribution in [2.45, 2.75) is 186 Å². The van der Waals surface area contributed by atoms with Crippen molar-refractivity contribution >= 4 is 13.7 Å². The molecule has 10 heteroatoms. The van der Waals surface area contributed by atoms with Crippen molar-refractivity contribution < 1.29 is 33.5 Å². The van der Waals surface area contributed by atoms with Gasteiger partial charge in [0, 0.05) is 6.54 Å². The first-order chi connectivity index (χ1) is 21.8. The normalized spacial score (nSPS) is 15.2. The molecule has 4 unspecified atom stereocenters. The maximum atomic E-state index is 12.7. The summed E-state index contributed by atoms with van der Waals surface area (Å²) in [4.78, 5) is 22.5. The summed E-state index contributed by atoms with van der Waals surface area (Å²) < 4.78 is 21.9. The third-order valence-corrected chi connectivity index (χ3v) is 9.15. The van der Waals surface area contributed by atoms with Crippen LogP contribution in [-0.2, 0) is 18.4 Å². The SMILES string of the molecule is CCCCCCC/C=C/C(O)C(COP(=O)(O)OCCN)NC(=O)CC(O)CCCCCCCCCCCCCCCCCC. The Morgan fingerprint density at radius 2 is 1.22 bits per heavy atom. The van der Waals surface area contributed by atoms with E-state index in [4.69, 9.17) is 14.8 Å². The number of carbonyl (C=O) groups excluding carboxylic acids is 1. The van der Waals surface area contributed by atoms with E-state index in [9.17, 15) is 24.5 Å². The molecular formula is C35H71N2O7P. The van der Waals surface area contributed by atoms with Crippen LogP contribution >= 0.6 is 7.82 Å². The van der Waals surface area contributed by atoms with E-state index < -0.39 is 38.6 Å². The molecule has 1 amide bonds. The van der Waals surface area contributed by atoms with Crippen molar-refractivity contribution in [3.8, 4) is 0 Å². The Hall–Kier alpha value is -0.800. The Morgan fingerprint density at radius 1 is 0.756 bits per heavy atom. The van der Waals surface area contributed by atoms with E-state index in [-0.39, 0.29) is 19.6 Å². The zero-order valence-corrected chi connectivity index (χ0v) is 29.9.